The molecular weight excluding hydrogens is 452 g/mol. The molecule has 1 saturated heterocycles. The molecule has 36 heavy (non-hydrogen) atoms. The second-order valence-corrected chi connectivity index (χ2v) is 9.29. The Bertz CT molecular complexity index is 1300. The highest BCUT2D eigenvalue weighted by molar-refractivity contribution is 5.83. The summed E-state index contributed by atoms with van der Waals surface area (Å²) >= 11 is 0. The van der Waals surface area contributed by atoms with Crippen molar-refractivity contribution in [3.63, 3.8) is 0 Å². The average Bonchev–Trinajstić information content (AvgIpc) is 3.57. The van der Waals surface area contributed by atoms with Crippen LogP contribution < -0.4 is 9.47 Å². The summed E-state index contributed by atoms with van der Waals surface area (Å²) in [4.78, 5) is 5.62. The van der Waals surface area contributed by atoms with Crippen molar-refractivity contribution in [3.8, 4) is 11.5 Å². The molecule has 188 valence electrons. The Hall–Kier alpha value is -3.55. The van der Waals surface area contributed by atoms with E-state index in [0.29, 0.717) is 6.61 Å². The third-order valence-corrected chi connectivity index (χ3v) is 6.72. The zero-order valence-electron chi connectivity index (χ0n) is 21.0. The largest absolute Gasteiger partial charge is 0.496 e. The van der Waals surface area contributed by atoms with Crippen LogP contribution in [0.1, 0.15) is 35.4 Å². The van der Waals surface area contributed by atoms with Gasteiger partial charge in [0.05, 0.1) is 26.0 Å². The Kier molecular flexibility index (Phi) is 7.69. The van der Waals surface area contributed by atoms with Gasteiger partial charge in [0.1, 0.15) is 18.1 Å². The van der Waals surface area contributed by atoms with E-state index in [1.54, 1.807) is 7.11 Å². The maximum absolute atomic E-state index is 6.00. The Morgan fingerprint density at radius 3 is 2.83 bits per heavy atom. The standard InChI is InChI=1S/C29H34N4O3/c1-21(27-8-7-26(20-29(27)34-2)36-16-13-33-11-14-35-15-12-33)17-25-19-24(31-32-25)6-4-22-3-5-23-9-10-30-28(23)18-22/h3-10,18-21,30H,11-17H2,1-2H3,(H,31,32)/b6-4+. The number of hydrogen-bond acceptors (Lipinski definition) is 5. The van der Waals surface area contributed by atoms with Crippen LogP contribution >= 0.6 is 0 Å². The van der Waals surface area contributed by atoms with Gasteiger partial charge in [-0.1, -0.05) is 31.2 Å². The Morgan fingerprint density at radius 1 is 1.08 bits per heavy atom. The zero-order chi connectivity index (χ0) is 24.7. The molecule has 0 amide bonds. The quantitative estimate of drug-likeness (QED) is 0.325. The van der Waals surface area contributed by atoms with Crippen LogP contribution in [0.5, 0.6) is 11.5 Å². The summed E-state index contributed by atoms with van der Waals surface area (Å²) in [6.07, 6.45) is 6.92. The van der Waals surface area contributed by atoms with Crippen molar-refractivity contribution in [2.75, 3.05) is 46.6 Å². The molecule has 3 heterocycles. The molecule has 7 nitrogen and oxygen atoms in total. The van der Waals surface area contributed by atoms with Gasteiger partial charge < -0.3 is 19.2 Å². The lowest BCUT2D eigenvalue weighted by atomic mass is 9.95. The van der Waals surface area contributed by atoms with Crippen molar-refractivity contribution in [1.29, 1.82) is 0 Å². The summed E-state index contributed by atoms with van der Waals surface area (Å²) in [6, 6.07) is 16.7. The molecule has 1 unspecified atom stereocenters. The minimum absolute atomic E-state index is 0.259. The highest BCUT2D eigenvalue weighted by Crippen LogP contribution is 2.32. The first-order chi connectivity index (χ1) is 17.7. The van der Waals surface area contributed by atoms with Gasteiger partial charge in [-0.3, -0.25) is 10.00 Å². The van der Waals surface area contributed by atoms with Crippen molar-refractivity contribution < 1.29 is 14.2 Å². The van der Waals surface area contributed by atoms with Gasteiger partial charge in [0, 0.05) is 43.1 Å². The minimum atomic E-state index is 0.259. The number of nitrogens with one attached hydrogen (secondary N) is 2. The van der Waals surface area contributed by atoms with Crippen LogP contribution in [0, 0.1) is 0 Å². The number of benzene rings is 2. The molecule has 7 heteroatoms. The van der Waals surface area contributed by atoms with Crippen molar-refractivity contribution in [1.82, 2.24) is 20.1 Å². The fraction of sp³-hybridized carbons (Fsp3) is 0.345. The molecule has 0 spiro atoms. The van der Waals surface area contributed by atoms with Crippen LogP contribution in [0.25, 0.3) is 23.1 Å². The van der Waals surface area contributed by atoms with Gasteiger partial charge in [-0.2, -0.15) is 5.10 Å². The number of hydrogen-bond donors (Lipinski definition) is 2. The van der Waals surface area contributed by atoms with E-state index in [9.17, 15) is 0 Å². The van der Waals surface area contributed by atoms with E-state index in [0.717, 1.165) is 78.8 Å². The van der Waals surface area contributed by atoms with Crippen molar-refractivity contribution in [2.45, 2.75) is 19.3 Å². The molecule has 0 saturated carbocycles. The van der Waals surface area contributed by atoms with E-state index in [2.05, 4.69) is 69.5 Å². The fourth-order valence-electron chi connectivity index (χ4n) is 4.67. The second kappa shape index (κ2) is 11.5. The van der Waals surface area contributed by atoms with E-state index in [-0.39, 0.29) is 5.92 Å². The molecular formula is C29H34N4O3. The molecule has 2 N–H and O–H groups in total. The summed E-state index contributed by atoms with van der Waals surface area (Å²) in [5.41, 5.74) is 5.44. The Morgan fingerprint density at radius 2 is 1.97 bits per heavy atom. The number of aromatic amines is 2. The van der Waals surface area contributed by atoms with Gasteiger partial charge in [0.2, 0.25) is 0 Å². The fourth-order valence-corrected chi connectivity index (χ4v) is 4.67. The summed E-state index contributed by atoms with van der Waals surface area (Å²) in [5, 5.41) is 8.88. The van der Waals surface area contributed by atoms with E-state index in [1.165, 1.54) is 5.39 Å². The molecule has 0 aliphatic carbocycles. The van der Waals surface area contributed by atoms with Crippen LogP contribution in [0.4, 0.5) is 0 Å². The number of ether oxygens (including phenoxy) is 3. The van der Waals surface area contributed by atoms with Crippen molar-refractivity contribution in [2.24, 2.45) is 0 Å². The summed E-state index contributed by atoms with van der Waals surface area (Å²) < 4.78 is 17.1. The maximum Gasteiger partial charge on any atom is 0.126 e. The van der Waals surface area contributed by atoms with Gasteiger partial charge in [-0.05, 0) is 59.2 Å². The molecule has 0 radical (unpaired) electrons. The van der Waals surface area contributed by atoms with Gasteiger partial charge in [0.25, 0.3) is 0 Å². The third kappa shape index (κ3) is 5.98. The first kappa shape index (κ1) is 24.2. The number of aromatic nitrogens is 3. The van der Waals surface area contributed by atoms with Crippen LogP contribution in [0.15, 0.2) is 54.7 Å². The molecule has 2 aromatic carbocycles. The topological polar surface area (TPSA) is 75.4 Å². The van der Waals surface area contributed by atoms with E-state index in [1.807, 2.05) is 24.4 Å². The highest BCUT2D eigenvalue weighted by Gasteiger charge is 2.15. The lowest BCUT2D eigenvalue weighted by molar-refractivity contribution is 0.0322. The van der Waals surface area contributed by atoms with Gasteiger partial charge >= 0.3 is 0 Å². The number of fused-ring (bicyclic) bond motifs is 1. The predicted octanol–water partition coefficient (Wildman–Crippen LogP) is 5.13. The first-order valence-corrected chi connectivity index (χ1v) is 12.6. The number of morpholine rings is 1. The first-order valence-electron chi connectivity index (χ1n) is 12.6. The number of rotatable bonds is 10. The van der Waals surface area contributed by atoms with E-state index < -0.39 is 0 Å². The molecule has 2 aromatic heterocycles. The van der Waals surface area contributed by atoms with Crippen molar-refractivity contribution >= 4 is 23.1 Å². The minimum Gasteiger partial charge on any atom is -0.496 e. The summed E-state index contributed by atoms with van der Waals surface area (Å²) in [7, 11) is 1.71. The number of methoxy groups -OCH3 is 1. The monoisotopic (exact) mass is 486 g/mol. The van der Waals surface area contributed by atoms with Crippen LogP contribution in [0.3, 0.4) is 0 Å². The number of H-pyrrole nitrogens is 2. The van der Waals surface area contributed by atoms with Crippen LogP contribution in [-0.2, 0) is 11.2 Å². The third-order valence-electron chi connectivity index (χ3n) is 6.72. The Balaban J connectivity index is 1.17. The second-order valence-electron chi connectivity index (χ2n) is 9.29. The van der Waals surface area contributed by atoms with E-state index >= 15 is 0 Å². The van der Waals surface area contributed by atoms with Crippen LogP contribution in [-0.4, -0.2) is 66.6 Å². The Labute approximate surface area is 212 Å². The maximum atomic E-state index is 6.00. The molecule has 1 aliphatic heterocycles. The normalized spacial score (nSPS) is 15.5. The predicted molar refractivity (Wildman–Crippen MR) is 144 cm³/mol. The smallest absolute Gasteiger partial charge is 0.126 e. The summed E-state index contributed by atoms with van der Waals surface area (Å²) in [5.74, 6) is 1.95. The lowest BCUT2D eigenvalue weighted by Gasteiger charge is -2.26. The van der Waals surface area contributed by atoms with Crippen molar-refractivity contribution in [3.05, 3.63) is 77.2 Å². The average molecular weight is 487 g/mol. The molecule has 1 fully saturated rings. The van der Waals surface area contributed by atoms with Gasteiger partial charge in [-0.25, -0.2) is 0 Å². The molecule has 0 bridgehead atoms. The highest BCUT2D eigenvalue weighted by atomic mass is 16.5. The lowest BCUT2D eigenvalue weighted by Crippen LogP contribution is -2.38. The van der Waals surface area contributed by atoms with E-state index in [4.69, 9.17) is 14.2 Å². The molecule has 5 rings (SSSR count). The van der Waals surface area contributed by atoms with Crippen LogP contribution in [0.2, 0.25) is 0 Å². The molecule has 1 aliphatic rings. The molecule has 1 atom stereocenters. The zero-order valence-corrected chi connectivity index (χ0v) is 21.0. The number of nitrogens with zero attached hydrogens (tertiary/aromatic N) is 2. The summed E-state index contributed by atoms with van der Waals surface area (Å²) in [6.45, 7) is 7.31. The molecule has 4 aromatic rings. The SMILES string of the molecule is COc1cc(OCCN2CCOCC2)ccc1C(C)Cc1cc(/C=C/c2ccc3cc[nH]c3c2)n[nH]1. The van der Waals surface area contributed by atoms with Gasteiger partial charge in [0.15, 0.2) is 0 Å². The van der Waals surface area contributed by atoms with Gasteiger partial charge in [-0.15, -0.1) is 0 Å².